The summed E-state index contributed by atoms with van der Waals surface area (Å²) in [5, 5.41) is 12.0. The highest BCUT2D eigenvalue weighted by atomic mass is 16.5. The number of carbonyl (C=O) groups is 3. The van der Waals surface area contributed by atoms with E-state index in [0.717, 1.165) is 0 Å². The highest BCUT2D eigenvalue weighted by molar-refractivity contribution is 5.95. The smallest absolute Gasteiger partial charge is 0.338 e. The number of hydrogen-bond acceptors (Lipinski definition) is 4. The third-order valence-corrected chi connectivity index (χ3v) is 3.57. The van der Waals surface area contributed by atoms with E-state index in [1.807, 2.05) is 0 Å². The van der Waals surface area contributed by atoms with Crippen LogP contribution in [0.5, 0.6) is 0 Å². The Balaban J connectivity index is 2.01. The van der Waals surface area contributed by atoms with Gasteiger partial charge in [-0.15, -0.1) is 0 Å². The van der Waals surface area contributed by atoms with Gasteiger partial charge in [-0.05, 0) is 36.8 Å². The highest BCUT2D eigenvalue weighted by Gasteiger charge is 2.23. The molecule has 0 aliphatic heterocycles. The summed E-state index contributed by atoms with van der Waals surface area (Å²) in [6.07, 6.45) is -0.182. The van der Waals surface area contributed by atoms with Gasteiger partial charge in [0.15, 0.2) is 0 Å². The first-order valence-electron chi connectivity index (χ1n) is 7.86. The van der Waals surface area contributed by atoms with Crippen LogP contribution in [0.2, 0.25) is 0 Å². The molecule has 2 rings (SSSR count). The van der Waals surface area contributed by atoms with Crippen LogP contribution < -0.4 is 5.32 Å². The minimum atomic E-state index is -1.06. The summed E-state index contributed by atoms with van der Waals surface area (Å²) in [6.45, 7) is 2.01. The van der Waals surface area contributed by atoms with E-state index in [9.17, 15) is 19.5 Å². The molecule has 0 heterocycles. The van der Waals surface area contributed by atoms with Crippen LogP contribution in [-0.2, 0) is 14.3 Å². The highest BCUT2D eigenvalue weighted by Crippen LogP contribution is 2.21. The largest absolute Gasteiger partial charge is 0.481 e. The molecule has 0 aliphatic carbocycles. The van der Waals surface area contributed by atoms with Gasteiger partial charge in [-0.3, -0.25) is 9.59 Å². The quantitative estimate of drug-likeness (QED) is 0.755. The number of benzene rings is 2. The lowest BCUT2D eigenvalue weighted by atomic mass is 9.95. The van der Waals surface area contributed by atoms with E-state index in [1.54, 1.807) is 61.5 Å². The van der Waals surface area contributed by atoms with E-state index in [1.165, 1.54) is 0 Å². The van der Waals surface area contributed by atoms with Crippen LogP contribution in [0.15, 0.2) is 54.6 Å². The number of carbonyl (C=O) groups excluding carboxylic acids is 2. The zero-order valence-corrected chi connectivity index (χ0v) is 13.8. The fourth-order valence-corrected chi connectivity index (χ4v) is 2.33. The molecule has 0 aliphatic rings. The molecule has 2 aromatic carbocycles. The molecule has 1 amide bonds. The number of anilines is 1. The van der Waals surface area contributed by atoms with Crippen molar-refractivity contribution in [3.63, 3.8) is 0 Å². The Hall–Kier alpha value is -3.15. The maximum Gasteiger partial charge on any atom is 0.338 e. The summed E-state index contributed by atoms with van der Waals surface area (Å²) in [6, 6.07) is 14.8. The Morgan fingerprint density at radius 1 is 1.04 bits per heavy atom. The number of amides is 1. The van der Waals surface area contributed by atoms with Crippen LogP contribution in [0, 0.1) is 0 Å². The number of ether oxygens (including phenoxy) is 1. The normalized spacial score (nSPS) is 11.4. The van der Waals surface area contributed by atoms with E-state index in [2.05, 4.69) is 5.32 Å². The van der Waals surface area contributed by atoms with Gasteiger partial charge in [-0.2, -0.15) is 0 Å². The topological polar surface area (TPSA) is 92.7 Å². The first-order chi connectivity index (χ1) is 12.0. The van der Waals surface area contributed by atoms with Gasteiger partial charge >= 0.3 is 11.9 Å². The summed E-state index contributed by atoms with van der Waals surface area (Å²) in [5.74, 6) is -2.82. The second-order valence-electron chi connectivity index (χ2n) is 5.35. The van der Waals surface area contributed by atoms with E-state index >= 15 is 0 Å². The van der Waals surface area contributed by atoms with Crippen molar-refractivity contribution in [2.75, 3.05) is 11.9 Å². The van der Waals surface area contributed by atoms with E-state index in [-0.39, 0.29) is 13.0 Å². The Morgan fingerprint density at radius 3 is 2.24 bits per heavy atom. The summed E-state index contributed by atoms with van der Waals surface area (Å²) < 4.78 is 4.89. The van der Waals surface area contributed by atoms with Crippen molar-refractivity contribution in [3.05, 3.63) is 65.7 Å². The standard InChI is InChI=1S/C19H19NO5/c1-2-25-19(24)14-8-10-15(11-9-14)20-17(21)12-16(18(22)23)13-6-4-3-5-7-13/h3-11,16H,2,12H2,1H3,(H,20,21)(H,22,23). The zero-order valence-electron chi connectivity index (χ0n) is 13.8. The molecule has 0 radical (unpaired) electrons. The van der Waals surface area contributed by atoms with Crippen molar-refractivity contribution in [2.24, 2.45) is 0 Å². The molecule has 1 atom stereocenters. The van der Waals surface area contributed by atoms with Gasteiger partial charge in [0, 0.05) is 12.1 Å². The third kappa shape index (κ3) is 5.17. The number of aliphatic carboxylic acids is 1. The lowest BCUT2D eigenvalue weighted by Gasteiger charge is -2.13. The lowest BCUT2D eigenvalue weighted by Crippen LogP contribution is -2.20. The van der Waals surface area contributed by atoms with Crippen molar-refractivity contribution in [3.8, 4) is 0 Å². The average Bonchev–Trinajstić information content (AvgIpc) is 2.61. The van der Waals surface area contributed by atoms with Crippen LogP contribution in [0.4, 0.5) is 5.69 Å². The zero-order chi connectivity index (χ0) is 18.2. The van der Waals surface area contributed by atoms with Crippen molar-refractivity contribution in [1.82, 2.24) is 0 Å². The molecule has 0 spiro atoms. The molecule has 0 saturated heterocycles. The Bertz CT molecular complexity index is 740. The van der Waals surface area contributed by atoms with Gasteiger partial charge in [0.2, 0.25) is 5.91 Å². The SMILES string of the molecule is CCOC(=O)c1ccc(NC(=O)CC(C(=O)O)c2ccccc2)cc1. The van der Waals surface area contributed by atoms with Crippen LogP contribution in [-0.4, -0.2) is 29.6 Å². The number of carboxylic acid groups (broad SMARTS) is 1. The molecular weight excluding hydrogens is 322 g/mol. The average molecular weight is 341 g/mol. The Kier molecular flexibility index (Phi) is 6.28. The van der Waals surface area contributed by atoms with E-state index < -0.39 is 23.8 Å². The minimum Gasteiger partial charge on any atom is -0.481 e. The number of esters is 1. The number of rotatable bonds is 7. The molecule has 0 bridgehead atoms. The van der Waals surface area contributed by atoms with E-state index in [4.69, 9.17) is 4.74 Å². The fraction of sp³-hybridized carbons (Fsp3) is 0.211. The van der Waals surface area contributed by atoms with Crippen LogP contribution in [0.1, 0.15) is 35.2 Å². The second kappa shape index (κ2) is 8.63. The van der Waals surface area contributed by atoms with Gasteiger partial charge in [-0.1, -0.05) is 30.3 Å². The summed E-state index contributed by atoms with van der Waals surface area (Å²) in [5.41, 5.74) is 1.44. The minimum absolute atomic E-state index is 0.182. The number of hydrogen-bond donors (Lipinski definition) is 2. The van der Waals surface area contributed by atoms with E-state index in [0.29, 0.717) is 16.8 Å². The predicted molar refractivity (Wildman–Crippen MR) is 92.5 cm³/mol. The van der Waals surface area contributed by atoms with Crippen LogP contribution >= 0.6 is 0 Å². The Morgan fingerprint density at radius 2 is 1.68 bits per heavy atom. The van der Waals surface area contributed by atoms with Gasteiger partial charge in [0.05, 0.1) is 18.1 Å². The maximum atomic E-state index is 12.2. The molecule has 25 heavy (non-hydrogen) atoms. The van der Waals surface area contributed by atoms with Crippen molar-refractivity contribution < 1.29 is 24.2 Å². The predicted octanol–water partition coefficient (Wildman–Crippen LogP) is 3.06. The van der Waals surface area contributed by atoms with Crippen molar-refractivity contribution >= 4 is 23.5 Å². The van der Waals surface area contributed by atoms with Crippen molar-refractivity contribution in [1.29, 1.82) is 0 Å². The molecule has 0 aromatic heterocycles. The van der Waals surface area contributed by atoms with Crippen LogP contribution in [0.25, 0.3) is 0 Å². The molecule has 2 N–H and O–H groups in total. The third-order valence-electron chi connectivity index (χ3n) is 3.57. The van der Waals surface area contributed by atoms with Gasteiger partial charge < -0.3 is 15.2 Å². The molecule has 6 heteroatoms. The fourth-order valence-electron chi connectivity index (χ4n) is 2.33. The van der Waals surface area contributed by atoms with Crippen LogP contribution in [0.3, 0.4) is 0 Å². The van der Waals surface area contributed by atoms with Crippen molar-refractivity contribution in [2.45, 2.75) is 19.3 Å². The molecule has 0 fully saturated rings. The molecule has 6 nitrogen and oxygen atoms in total. The molecular formula is C19H19NO5. The number of carboxylic acids is 1. The lowest BCUT2D eigenvalue weighted by molar-refractivity contribution is -0.140. The van der Waals surface area contributed by atoms with Gasteiger partial charge in [0.25, 0.3) is 0 Å². The molecule has 130 valence electrons. The molecule has 1 unspecified atom stereocenters. The first-order valence-corrected chi connectivity index (χ1v) is 7.86. The summed E-state index contributed by atoms with van der Waals surface area (Å²) in [7, 11) is 0. The first kappa shape index (κ1) is 18.2. The Labute approximate surface area is 145 Å². The van der Waals surface area contributed by atoms with Gasteiger partial charge in [-0.25, -0.2) is 4.79 Å². The van der Waals surface area contributed by atoms with Gasteiger partial charge in [0.1, 0.15) is 0 Å². The molecule has 2 aromatic rings. The summed E-state index contributed by atoms with van der Waals surface area (Å²) >= 11 is 0. The summed E-state index contributed by atoms with van der Waals surface area (Å²) in [4.78, 5) is 35.2. The maximum absolute atomic E-state index is 12.2. The number of nitrogens with one attached hydrogen (secondary N) is 1. The monoisotopic (exact) mass is 341 g/mol. The second-order valence-corrected chi connectivity index (χ2v) is 5.35. The molecule has 0 saturated carbocycles.